The van der Waals surface area contributed by atoms with E-state index in [-0.39, 0.29) is 0 Å². The van der Waals surface area contributed by atoms with Crippen LogP contribution in [0.15, 0.2) is 72.0 Å². The summed E-state index contributed by atoms with van der Waals surface area (Å²) in [4.78, 5) is 11.9. The van der Waals surface area contributed by atoms with Gasteiger partial charge < -0.3 is 5.11 Å². The smallest absolute Gasteiger partial charge is 0.273 e. The molecule has 3 N–H and O–H groups in total. The third kappa shape index (κ3) is 3.56. The summed E-state index contributed by atoms with van der Waals surface area (Å²) in [5.74, 6) is -0.595. The summed E-state index contributed by atoms with van der Waals surface area (Å²) in [6.45, 7) is 0. The highest BCUT2D eigenvalue weighted by atomic mass is 16.3. The Balaban J connectivity index is 1.67. The van der Waals surface area contributed by atoms with Gasteiger partial charge in [-0.05, 0) is 5.56 Å². The van der Waals surface area contributed by atoms with Crippen LogP contribution in [0.2, 0.25) is 0 Å². The summed E-state index contributed by atoms with van der Waals surface area (Å²) in [6, 6.07) is 18.4. The van der Waals surface area contributed by atoms with Crippen molar-refractivity contribution >= 4 is 12.1 Å². The molecule has 1 aromatic heterocycles. The Hall–Kier alpha value is -3.25. The number of hydrogen-bond donors (Lipinski definition) is 3. The number of hydrazone groups is 1. The number of carbonyl (C=O) groups is 1. The molecule has 2 aromatic carbocycles. The van der Waals surface area contributed by atoms with Crippen molar-refractivity contribution in [1.29, 1.82) is 0 Å². The van der Waals surface area contributed by atoms with Gasteiger partial charge in [0.15, 0.2) is 6.10 Å². The van der Waals surface area contributed by atoms with Crippen LogP contribution < -0.4 is 5.43 Å². The fraction of sp³-hybridized carbons (Fsp3) is 0.0556. The Kier molecular flexibility index (Phi) is 4.78. The summed E-state index contributed by atoms with van der Waals surface area (Å²) < 4.78 is 0. The third-order valence-electron chi connectivity index (χ3n) is 3.47. The van der Waals surface area contributed by atoms with Crippen LogP contribution in [-0.2, 0) is 4.79 Å². The molecule has 0 fully saturated rings. The predicted molar refractivity (Wildman–Crippen MR) is 91.2 cm³/mol. The molecule has 1 atom stereocenters. The Labute approximate surface area is 138 Å². The van der Waals surface area contributed by atoms with Crippen molar-refractivity contribution in [1.82, 2.24) is 15.6 Å². The largest absolute Gasteiger partial charge is 0.378 e. The van der Waals surface area contributed by atoms with Gasteiger partial charge in [0.2, 0.25) is 0 Å². The summed E-state index contributed by atoms with van der Waals surface area (Å²) in [5.41, 5.74) is 5.35. The maximum atomic E-state index is 11.9. The van der Waals surface area contributed by atoms with Crippen molar-refractivity contribution in [3.8, 4) is 11.3 Å². The van der Waals surface area contributed by atoms with Crippen LogP contribution in [0.25, 0.3) is 11.3 Å². The molecule has 3 rings (SSSR count). The van der Waals surface area contributed by atoms with Crippen molar-refractivity contribution < 1.29 is 9.90 Å². The number of nitrogens with zero attached hydrogens (tertiary/aromatic N) is 2. The summed E-state index contributed by atoms with van der Waals surface area (Å²) in [6.07, 6.45) is 1.84. The number of rotatable bonds is 5. The van der Waals surface area contributed by atoms with E-state index in [2.05, 4.69) is 20.7 Å². The van der Waals surface area contributed by atoms with Crippen molar-refractivity contribution in [3.05, 3.63) is 78.0 Å². The van der Waals surface area contributed by atoms with Gasteiger partial charge in [-0.2, -0.15) is 10.2 Å². The third-order valence-corrected chi connectivity index (χ3v) is 3.47. The molecule has 0 aliphatic heterocycles. The first-order valence-electron chi connectivity index (χ1n) is 7.40. The SMILES string of the molecule is O=C(N/N=C/c1cn[nH]c1-c1ccccc1)C(O)c1ccccc1. The molecule has 0 radical (unpaired) electrons. The first kappa shape index (κ1) is 15.6. The van der Waals surface area contributed by atoms with Crippen LogP contribution in [0.5, 0.6) is 0 Å². The number of aliphatic hydroxyl groups is 1. The zero-order chi connectivity index (χ0) is 16.8. The van der Waals surface area contributed by atoms with Gasteiger partial charge in [-0.1, -0.05) is 60.7 Å². The van der Waals surface area contributed by atoms with E-state index in [0.717, 1.165) is 16.8 Å². The average Bonchev–Trinajstić information content (AvgIpc) is 3.11. The number of carbonyl (C=O) groups excluding carboxylic acids is 1. The van der Waals surface area contributed by atoms with E-state index in [0.29, 0.717) is 5.56 Å². The first-order valence-corrected chi connectivity index (χ1v) is 7.40. The molecule has 0 saturated carbocycles. The van der Waals surface area contributed by atoms with E-state index in [1.165, 1.54) is 6.21 Å². The number of aromatic amines is 1. The molecule has 0 bridgehead atoms. The van der Waals surface area contributed by atoms with Gasteiger partial charge in [0.1, 0.15) is 0 Å². The Morgan fingerprint density at radius 1 is 1.12 bits per heavy atom. The lowest BCUT2D eigenvalue weighted by Crippen LogP contribution is -2.25. The zero-order valence-corrected chi connectivity index (χ0v) is 12.8. The molecule has 1 amide bonds. The zero-order valence-electron chi connectivity index (χ0n) is 12.8. The maximum Gasteiger partial charge on any atom is 0.273 e. The first-order chi connectivity index (χ1) is 11.8. The molecule has 1 heterocycles. The lowest BCUT2D eigenvalue weighted by Gasteiger charge is -2.08. The van der Waals surface area contributed by atoms with Gasteiger partial charge in [0.05, 0.1) is 18.1 Å². The topological polar surface area (TPSA) is 90.4 Å². The fourth-order valence-corrected chi connectivity index (χ4v) is 2.24. The van der Waals surface area contributed by atoms with Gasteiger partial charge in [-0.3, -0.25) is 9.89 Å². The normalized spacial score (nSPS) is 12.2. The number of H-pyrrole nitrogens is 1. The number of nitrogens with one attached hydrogen (secondary N) is 2. The minimum Gasteiger partial charge on any atom is -0.378 e. The molecule has 1 unspecified atom stereocenters. The summed E-state index contributed by atoms with van der Waals surface area (Å²) in [5, 5.41) is 20.8. The van der Waals surface area contributed by atoms with Crippen molar-refractivity contribution in [3.63, 3.8) is 0 Å². The highest BCUT2D eigenvalue weighted by Gasteiger charge is 2.16. The van der Waals surface area contributed by atoms with E-state index < -0.39 is 12.0 Å². The monoisotopic (exact) mass is 320 g/mol. The van der Waals surface area contributed by atoms with E-state index >= 15 is 0 Å². The van der Waals surface area contributed by atoms with Crippen LogP contribution in [-0.4, -0.2) is 27.4 Å². The lowest BCUT2D eigenvalue weighted by atomic mass is 10.1. The Morgan fingerprint density at radius 2 is 1.79 bits per heavy atom. The van der Waals surface area contributed by atoms with Crippen LogP contribution in [0.3, 0.4) is 0 Å². The van der Waals surface area contributed by atoms with Crippen LogP contribution in [0, 0.1) is 0 Å². The van der Waals surface area contributed by atoms with Gasteiger partial charge in [0.25, 0.3) is 5.91 Å². The van der Waals surface area contributed by atoms with Crippen molar-refractivity contribution in [2.45, 2.75) is 6.10 Å². The fourth-order valence-electron chi connectivity index (χ4n) is 2.24. The number of aliphatic hydroxyl groups excluding tert-OH is 1. The highest BCUT2D eigenvalue weighted by molar-refractivity contribution is 5.90. The minimum atomic E-state index is -1.26. The number of amides is 1. The molecule has 0 aliphatic carbocycles. The Bertz CT molecular complexity index is 828. The summed E-state index contributed by atoms with van der Waals surface area (Å²) >= 11 is 0. The molecule has 6 nitrogen and oxygen atoms in total. The molecular formula is C18H16N4O2. The quantitative estimate of drug-likeness (QED) is 0.497. The second kappa shape index (κ2) is 7.34. The van der Waals surface area contributed by atoms with Crippen molar-refractivity contribution in [2.75, 3.05) is 0 Å². The molecule has 0 aliphatic rings. The molecule has 24 heavy (non-hydrogen) atoms. The van der Waals surface area contributed by atoms with Gasteiger partial charge in [-0.25, -0.2) is 5.43 Å². The van der Waals surface area contributed by atoms with Crippen LogP contribution in [0.1, 0.15) is 17.2 Å². The second-order valence-corrected chi connectivity index (χ2v) is 5.11. The lowest BCUT2D eigenvalue weighted by molar-refractivity contribution is -0.129. The van der Waals surface area contributed by atoms with E-state index in [9.17, 15) is 9.90 Å². The summed E-state index contributed by atoms with van der Waals surface area (Å²) in [7, 11) is 0. The van der Waals surface area contributed by atoms with E-state index in [1.54, 1.807) is 30.5 Å². The van der Waals surface area contributed by atoms with Gasteiger partial charge in [-0.15, -0.1) is 0 Å². The standard InChI is InChI=1S/C18H16N4O2/c23-17(14-9-5-2-6-10-14)18(24)22-20-12-15-11-19-21-16(15)13-7-3-1-4-8-13/h1-12,17,23H,(H,19,21)(H,22,24)/b20-12+. The number of hydrogen-bond acceptors (Lipinski definition) is 4. The Morgan fingerprint density at radius 3 is 2.50 bits per heavy atom. The number of aromatic nitrogens is 2. The molecule has 0 saturated heterocycles. The second-order valence-electron chi connectivity index (χ2n) is 5.11. The highest BCUT2D eigenvalue weighted by Crippen LogP contribution is 2.19. The molecular weight excluding hydrogens is 304 g/mol. The number of benzene rings is 2. The average molecular weight is 320 g/mol. The molecule has 6 heteroatoms. The van der Waals surface area contributed by atoms with Crippen LogP contribution in [0.4, 0.5) is 0 Å². The predicted octanol–water partition coefficient (Wildman–Crippen LogP) is 2.26. The molecule has 3 aromatic rings. The molecule has 0 spiro atoms. The van der Waals surface area contributed by atoms with Crippen LogP contribution >= 0.6 is 0 Å². The van der Waals surface area contributed by atoms with E-state index in [1.807, 2.05) is 36.4 Å². The van der Waals surface area contributed by atoms with Gasteiger partial charge in [0, 0.05) is 11.1 Å². The van der Waals surface area contributed by atoms with Gasteiger partial charge >= 0.3 is 0 Å². The maximum absolute atomic E-state index is 11.9. The molecule has 120 valence electrons. The van der Waals surface area contributed by atoms with E-state index in [4.69, 9.17) is 0 Å². The minimum absolute atomic E-state index is 0.512. The van der Waals surface area contributed by atoms with Crippen molar-refractivity contribution in [2.24, 2.45) is 5.10 Å².